The molecule has 0 aliphatic carbocycles. The molecule has 116 valence electrons. The SMILES string of the molecule is Nc1nonc1-c1nc2cccc(F)c2n1CC1=CC=CNN1. The van der Waals surface area contributed by atoms with Gasteiger partial charge >= 0.3 is 0 Å². The first kappa shape index (κ1) is 13.3. The molecular formula is C14H12FN7O. The molecule has 0 bridgehead atoms. The zero-order valence-electron chi connectivity index (χ0n) is 11.8. The van der Waals surface area contributed by atoms with E-state index < -0.39 is 0 Å². The Bertz CT molecular complexity index is 940. The number of nitrogen functional groups attached to an aromatic ring is 1. The molecule has 0 atom stereocenters. The van der Waals surface area contributed by atoms with Crippen molar-refractivity contribution < 1.29 is 9.02 Å². The Kier molecular flexibility index (Phi) is 2.97. The Labute approximate surface area is 129 Å². The Morgan fingerprint density at radius 2 is 2.22 bits per heavy atom. The molecule has 4 N–H and O–H groups in total. The molecule has 3 heterocycles. The van der Waals surface area contributed by atoms with Gasteiger partial charge in [-0.3, -0.25) is 0 Å². The molecule has 3 aromatic rings. The fourth-order valence-electron chi connectivity index (χ4n) is 2.48. The van der Waals surface area contributed by atoms with Gasteiger partial charge in [0, 0.05) is 6.20 Å². The van der Waals surface area contributed by atoms with Gasteiger partial charge in [0.1, 0.15) is 11.3 Å². The number of nitrogens with two attached hydrogens (primary N) is 1. The van der Waals surface area contributed by atoms with Gasteiger partial charge in [-0.15, -0.1) is 0 Å². The van der Waals surface area contributed by atoms with E-state index in [0.29, 0.717) is 23.4 Å². The maximum atomic E-state index is 14.3. The first-order valence-electron chi connectivity index (χ1n) is 6.84. The first-order valence-corrected chi connectivity index (χ1v) is 6.84. The van der Waals surface area contributed by atoms with Gasteiger partial charge in [0.25, 0.3) is 0 Å². The third kappa shape index (κ3) is 2.18. The van der Waals surface area contributed by atoms with E-state index >= 15 is 0 Å². The molecule has 4 rings (SSSR count). The van der Waals surface area contributed by atoms with Crippen LogP contribution in [0.25, 0.3) is 22.6 Å². The molecule has 2 aromatic heterocycles. The highest BCUT2D eigenvalue weighted by atomic mass is 19.1. The van der Waals surface area contributed by atoms with Crippen LogP contribution in [0.3, 0.4) is 0 Å². The average molecular weight is 313 g/mol. The summed E-state index contributed by atoms with van der Waals surface area (Å²) in [7, 11) is 0. The van der Waals surface area contributed by atoms with E-state index in [1.807, 2.05) is 12.2 Å². The van der Waals surface area contributed by atoms with Crippen LogP contribution in [0.15, 0.2) is 46.9 Å². The average Bonchev–Trinajstić information content (AvgIpc) is 3.13. The lowest BCUT2D eigenvalue weighted by Gasteiger charge is -2.16. The van der Waals surface area contributed by atoms with E-state index in [0.717, 1.165) is 5.70 Å². The quantitative estimate of drug-likeness (QED) is 0.669. The van der Waals surface area contributed by atoms with E-state index in [1.165, 1.54) is 6.07 Å². The van der Waals surface area contributed by atoms with Gasteiger partial charge < -0.3 is 21.2 Å². The molecule has 0 saturated heterocycles. The Morgan fingerprint density at radius 3 is 2.96 bits per heavy atom. The van der Waals surface area contributed by atoms with Crippen molar-refractivity contribution in [3.63, 3.8) is 0 Å². The maximum Gasteiger partial charge on any atom is 0.199 e. The summed E-state index contributed by atoms with van der Waals surface area (Å²) in [5.41, 5.74) is 13.6. The van der Waals surface area contributed by atoms with E-state index in [1.54, 1.807) is 22.9 Å². The number of hydrazine groups is 1. The molecule has 0 amide bonds. The Balaban J connectivity index is 1.93. The van der Waals surface area contributed by atoms with Crippen LogP contribution in [0.2, 0.25) is 0 Å². The number of para-hydroxylation sites is 1. The summed E-state index contributed by atoms with van der Waals surface area (Å²) >= 11 is 0. The predicted molar refractivity (Wildman–Crippen MR) is 80.9 cm³/mol. The van der Waals surface area contributed by atoms with Crippen LogP contribution >= 0.6 is 0 Å². The van der Waals surface area contributed by atoms with Crippen molar-refractivity contribution in [2.45, 2.75) is 6.54 Å². The van der Waals surface area contributed by atoms with Gasteiger partial charge in [-0.2, -0.15) is 0 Å². The van der Waals surface area contributed by atoms with Crippen molar-refractivity contribution in [2.24, 2.45) is 0 Å². The minimum absolute atomic E-state index is 0.102. The third-order valence-corrected chi connectivity index (χ3v) is 3.48. The second kappa shape index (κ2) is 5.13. The second-order valence-corrected chi connectivity index (χ2v) is 4.95. The van der Waals surface area contributed by atoms with Gasteiger partial charge in [-0.05, 0) is 34.6 Å². The summed E-state index contributed by atoms with van der Waals surface area (Å²) < 4.78 is 20.7. The zero-order chi connectivity index (χ0) is 15.8. The molecule has 8 nitrogen and oxygen atoms in total. The molecular weight excluding hydrogens is 301 g/mol. The zero-order valence-corrected chi connectivity index (χ0v) is 11.8. The van der Waals surface area contributed by atoms with E-state index in [2.05, 4.69) is 30.8 Å². The van der Waals surface area contributed by atoms with Gasteiger partial charge in [-0.1, -0.05) is 6.07 Å². The van der Waals surface area contributed by atoms with Crippen molar-refractivity contribution in [1.82, 2.24) is 30.7 Å². The number of aromatic nitrogens is 4. The molecule has 1 aliphatic heterocycles. The standard InChI is InChI=1S/C14H12FN7O/c15-9-4-1-5-10-12(9)22(7-8-3-2-6-17-19-8)14(18-10)11-13(16)21-23-20-11/h1-6,17,19H,7H2,(H2,16,21). The van der Waals surface area contributed by atoms with Gasteiger partial charge in [0.2, 0.25) is 0 Å². The largest absolute Gasteiger partial charge is 0.379 e. The third-order valence-electron chi connectivity index (χ3n) is 3.48. The summed E-state index contributed by atoms with van der Waals surface area (Å²) in [6.45, 7) is 0.344. The molecule has 9 heteroatoms. The van der Waals surface area contributed by atoms with Crippen molar-refractivity contribution in [1.29, 1.82) is 0 Å². The fraction of sp³-hybridized carbons (Fsp3) is 0.0714. The number of rotatable bonds is 3. The van der Waals surface area contributed by atoms with Gasteiger partial charge in [0.05, 0.1) is 17.8 Å². The number of nitrogens with zero attached hydrogens (tertiary/aromatic N) is 4. The molecule has 0 spiro atoms. The van der Waals surface area contributed by atoms with E-state index in [4.69, 9.17) is 5.73 Å². The highest BCUT2D eigenvalue weighted by molar-refractivity contribution is 5.82. The Hall–Kier alpha value is -3.36. The van der Waals surface area contributed by atoms with Gasteiger partial charge in [0.15, 0.2) is 17.3 Å². The molecule has 0 saturated carbocycles. The number of hydrogen-bond acceptors (Lipinski definition) is 7. The van der Waals surface area contributed by atoms with Crippen LogP contribution < -0.4 is 16.6 Å². The van der Waals surface area contributed by atoms with Gasteiger partial charge in [-0.25, -0.2) is 14.0 Å². The van der Waals surface area contributed by atoms with Crippen molar-refractivity contribution in [3.05, 3.63) is 48.1 Å². The van der Waals surface area contributed by atoms with Crippen LogP contribution in [-0.4, -0.2) is 19.9 Å². The second-order valence-electron chi connectivity index (χ2n) is 4.95. The normalized spacial score (nSPS) is 13.7. The highest BCUT2D eigenvalue weighted by Crippen LogP contribution is 2.28. The lowest BCUT2D eigenvalue weighted by atomic mass is 10.3. The summed E-state index contributed by atoms with van der Waals surface area (Å²) in [5.74, 6) is 0.114. The molecule has 1 aromatic carbocycles. The number of fused-ring (bicyclic) bond motifs is 1. The number of nitrogens with one attached hydrogen (secondary N) is 2. The van der Waals surface area contributed by atoms with Crippen molar-refractivity contribution in [2.75, 3.05) is 5.73 Å². The summed E-state index contributed by atoms with van der Waals surface area (Å²) in [4.78, 5) is 4.43. The number of allylic oxidation sites excluding steroid dienone is 3. The Morgan fingerprint density at radius 1 is 1.30 bits per heavy atom. The topological polar surface area (TPSA) is 107 Å². The summed E-state index contributed by atoms with van der Waals surface area (Å²) in [5, 5.41) is 7.34. The van der Waals surface area contributed by atoms with Crippen LogP contribution in [0.5, 0.6) is 0 Å². The number of benzene rings is 1. The van der Waals surface area contributed by atoms with E-state index in [-0.39, 0.29) is 17.3 Å². The monoisotopic (exact) mass is 313 g/mol. The lowest BCUT2D eigenvalue weighted by Crippen LogP contribution is -2.30. The molecule has 0 radical (unpaired) electrons. The van der Waals surface area contributed by atoms with Crippen LogP contribution in [0.1, 0.15) is 0 Å². The molecule has 0 fully saturated rings. The molecule has 0 unspecified atom stereocenters. The van der Waals surface area contributed by atoms with Crippen LogP contribution in [0.4, 0.5) is 10.2 Å². The number of anilines is 1. The van der Waals surface area contributed by atoms with E-state index in [9.17, 15) is 4.39 Å². The first-order chi connectivity index (χ1) is 11.2. The fourth-order valence-corrected chi connectivity index (χ4v) is 2.48. The minimum Gasteiger partial charge on any atom is -0.379 e. The number of imidazole rings is 1. The number of halogens is 1. The minimum atomic E-state index is -0.379. The number of hydrogen-bond donors (Lipinski definition) is 3. The molecule has 23 heavy (non-hydrogen) atoms. The van der Waals surface area contributed by atoms with Crippen LogP contribution in [-0.2, 0) is 6.54 Å². The van der Waals surface area contributed by atoms with Crippen LogP contribution in [0, 0.1) is 5.82 Å². The van der Waals surface area contributed by atoms with Crippen molar-refractivity contribution >= 4 is 16.9 Å². The maximum absolute atomic E-state index is 14.3. The summed E-state index contributed by atoms with van der Waals surface area (Å²) in [6.07, 6.45) is 5.46. The highest BCUT2D eigenvalue weighted by Gasteiger charge is 2.21. The molecule has 1 aliphatic rings. The van der Waals surface area contributed by atoms with Crippen molar-refractivity contribution in [3.8, 4) is 11.5 Å². The lowest BCUT2D eigenvalue weighted by molar-refractivity contribution is 0.310. The smallest absolute Gasteiger partial charge is 0.199 e. The predicted octanol–water partition coefficient (Wildman–Crippen LogP) is 1.31. The summed E-state index contributed by atoms with van der Waals surface area (Å²) in [6, 6.07) is 4.71.